The number of halogens is 2. The third kappa shape index (κ3) is 8.67. The number of hydrogen-bond donors (Lipinski definition) is 1. The fraction of sp³-hybridized carbons (Fsp3) is 0.440. The number of carbonyl (C=O) groups is 2. The van der Waals surface area contributed by atoms with Crippen molar-refractivity contribution in [2.24, 2.45) is 0 Å². The summed E-state index contributed by atoms with van der Waals surface area (Å²) in [4.78, 5) is 27.5. The van der Waals surface area contributed by atoms with Gasteiger partial charge in [0.05, 0.1) is 24.1 Å². The monoisotopic (exact) mass is 601 g/mol. The van der Waals surface area contributed by atoms with Crippen LogP contribution in [-0.4, -0.2) is 57.1 Å². The normalized spacial score (nSPS) is 12.2. The molecule has 0 saturated heterocycles. The zero-order chi connectivity index (χ0) is 27.0. The van der Waals surface area contributed by atoms with Gasteiger partial charge in [-0.05, 0) is 63.1 Å². The topological polar surface area (TPSA) is 96.0 Å². The predicted octanol–water partition coefficient (Wildman–Crippen LogP) is 4.60. The SMILES string of the molecule is COc1ccc(N(CCCC(=O)N(Cc2ccc(Br)cc2)[C@@H](C)C(=O)NC(C)C)S(C)(=O)=O)cc1Cl. The summed E-state index contributed by atoms with van der Waals surface area (Å²) in [6.45, 7) is 5.73. The first-order valence-corrected chi connectivity index (χ1v) is 14.5. The zero-order valence-electron chi connectivity index (χ0n) is 21.1. The highest BCUT2D eigenvalue weighted by molar-refractivity contribution is 9.10. The van der Waals surface area contributed by atoms with E-state index in [4.69, 9.17) is 16.3 Å². The van der Waals surface area contributed by atoms with E-state index in [1.54, 1.807) is 19.1 Å². The highest BCUT2D eigenvalue weighted by atomic mass is 79.9. The number of methoxy groups -OCH3 is 1. The van der Waals surface area contributed by atoms with Crippen LogP contribution >= 0.6 is 27.5 Å². The Hall–Kier alpha value is -2.30. The van der Waals surface area contributed by atoms with Gasteiger partial charge in [-0.1, -0.05) is 39.7 Å². The minimum atomic E-state index is -3.63. The molecule has 0 heterocycles. The van der Waals surface area contributed by atoms with Gasteiger partial charge < -0.3 is 15.0 Å². The summed E-state index contributed by atoms with van der Waals surface area (Å²) in [6, 6.07) is 11.5. The molecule has 0 saturated carbocycles. The van der Waals surface area contributed by atoms with Crippen LogP contribution in [0.5, 0.6) is 5.75 Å². The van der Waals surface area contributed by atoms with E-state index in [0.717, 1.165) is 16.3 Å². The van der Waals surface area contributed by atoms with Gasteiger partial charge in [0, 0.05) is 30.0 Å². The average Bonchev–Trinajstić information content (AvgIpc) is 2.79. The Morgan fingerprint density at radius 1 is 1.11 bits per heavy atom. The molecular formula is C25H33BrClN3O5S. The van der Waals surface area contributed by atoms with Crippen molar-refractivity contribution in [3.05, 3.63) is 57.5 Å². The van der Waals surface area contributed by atoms with Crippen LogP contribution in [0.15, 0.2) is 46.9 Å². The highest BCUT2D eigenvalue weighted by Crippen LogP contribution is 2.30. The van der Waals surface area contributed by atoms with Gasteiger partial charge in [0.1, 0.15) is 11.8 Å². The van der Waals surface area contributed by atoms with Crippen molar-refractivity contribution in [3.8, 4) is 5.75 Å². The standard InChI is InChI=1S/C25H33BrClN3O5S/c1-17(2)28-25(32)18(3)29(16-19-8-10-20(26)11-9-19)24(31)7-6-14-30(36(5,33)34)21-12-13-23(35-4)22(27)15-21/h8-13,15,17-18H,6-7,14,16H2,1-5H3,(H,28,32)/t18-/m0/s1. The van der Waals surface area contributed by atoms with Gasteiger partial charge in [0.2, 0.25) is 21.8 Å². The summed E-state index contributed by atoms with van der Waals surface area (Å²) in [5.74, 6) is -0.0621. The first-order chi connectivity index (χ1) is 16.8. The molecule has 11 heteroatoms. The molecule has 2 rings (SSSR count). The molecular weight excluding hydrogens is 570 g/mol. The molecule has 198 valence electrons. The van der Waals surface area contributed by atoms with Gasteiger partial charge in [-0.15, -0.1) is 0 Å². The van der Waals surface area contributed by atoms with Crippen LogP contribution in [0.1, 0.15) is 39.2 Å². The van der Waals surface area contributed by atoms with Crippen molar-refractivity contribution >= 4 is 55.1 Å². The molecule has 1 atom stereocenters. The van der Waals surface area contributed by atoms with Crippen LogP contribution in [0.2, 0.25) is 5.02 Å². The summed E-state index contributed by atoms with van der Waals surface area (Å²) < 4.78 is 32.2. The zero-order valence-corrected chi connectivity index (χ0v) is 24.3. The number of carbonyl (C=O) groups excluding carboxylic acids is 2. The van der Waals surface area contributed by atoms with E-state index in [9.17, 15) is 18.0 Å². The van der Waals surface area contributed by atoms with Crippen molar-refractivity contribution in [3.63, 3.8) is 0 Å². The molecule has 0 spiro atoms. The number of anilines is 1. The van der Waals surface area contributed by atoms with Gasteiger partial charge in [-0.2, -0.15) is 0 Å². The van der Waals surface area contributed by atoms with E-state index in [1.165, 1.54) is 22.4 Å². The Bertz CT molecular complexity index is 1160. The third-order valence-electron chi connectivity index (χ3n) is 5.44. The molecule has 2 aromatic carbocycles. The van der Waals surface area contributed by atoms with Crippen molar-refractivity contribution in [2.75, 3.05) is 24.2 Å². The highest BCUT2D eigenvalue weighted by Gasteiger charge is 2.27. The fourth-order valence-corrected chi connectivity index (χ4v) is 5.06. The van der Waals surface area contributed by atoms with Gasteiger partial charge in [-0.25, -0.2) is 8.42 Å². The molecule has 1 N–H and O–H groups in total. The number of rotatable bonds is 12. The lowest BCUT2D eigenvalue weighted by atomic mass is 10.1. The summed E-state index contributed by atoms with van der Waals surface area (Å²) in [5, 5.41) is 3.14. The van der Waals surface area contributed by atoms with E-state index in [1.807, 2.05) is 38.1 Å². The maximum Gasteiger partial charge on any atom is 0.242 e. The Balaban J connectivity index is 2.18. The van der Waals surface area contributed by atoms with Crippen LogP contribution < -0.4 is 14.4 Å². The van der Waals surface area contributed by atoms with Crippen molar-refractivity contribution in [2.45, 2.75) is 52.2 Å². The maximum absolute atomic E-state index is 13.3. The Morgan fingerprint density at radius 2 is 1.75 bits per heavy atom. The lowest BCUT2D eigenvalue weighted by Gasteiger charge is -2.30. The molecule has 0 fully saturated rings. The number of benzene rings is 2. The number of nitrogens with one attached hydrogen (secondary N) is 1. The van der Waals surface area contributed by atoms with Gasteiger partial charge in [0.25, 0.3) is 0 Å². The molecule has 8 nitrogen and oxygen atoms in total. The molecule has 2 aromatic rings. The largest absolute Gasteiger partial charge is 0.495 e. The number of nitrogens with zero attached hydrogens (tertiary/aromatic N) is 2. The van der Waals surface area contributed by atoms with Crippen molar-refractivity contribution in [1.29, 1.82) is 0 Å². The number of sulfonamides is 1. The van der Waals surface area contributed by atoms with Gasteiger partial charge in [-0.3, -0.25) is 13.9 Å². The second-order valence-corrected chi connectivity index (χ2v) is 12.0. The quantitative estimate of drug-likeness (QED) is 0.383. The molecule has 0 radical (unpaired) electrons. The van der Waals surface area contributed by atoms with Crippen LogP contribution in [0.4, 0.5) is 5.69 Å². The minimum absolute atomic E-state index is 0.0612. The summed E-state index contributed by atoms with van der Waals surface area (Å²) >= 11 is 9.59. The van der Waals surface area contributed by atoms with E-state index >= 15 is 0 Å². The lowest BCUT2D eigenvalue weighted by molar-refractivity contribution is -0.140. The smallest absolute Gasteiger partial charge is 0.242 e. The fourth-order valence-electron chi connectivity index (χ4n) is 3.59. The lowest BCUT2D eigenvalue weighted by Crippen LogP contribution is -2.49. The summed E-state index contributed by atoms with van der Waals surface area (Å²) in [6.07, 6.45) is 1.42. The second kappa shape index (κ2) is 13.3. The van der Waals surface area contributed by atoms with Crippen molar-refractivity contribution in [1.82, 2.24) is 10.2 Å². The van der Waals surface area contributed by atoms with Crippen LogP contribution in [0.3, 0.4) is 0 Å². The molecule has 0 bridgehead atoms. The molecule has 36 heavy (non-hydrogen) atoms. The number of amides is 2. The molecule has 0 aromatic heterocycles. The molecule has 2 amide bonds. The average molecular weight is 603 g/mol. The maximum atomic E-state index is 13.3. The molecule has 0 aliphatic carbocycles. The van der Waals surface area contributed by atoms with Crippen LogP contribution in [0.25, 0.3) is 0 Å². The van der Waals surface area contributed by atoms with E-state index in [-0.39, 0.29) is 48.8 Å². The minimum Gasteiger partial charge on any atom is -0.495 e. The van der Waals surface area contributed by atoms with Crippen LogP contribution in [-0.2, 0) is 26.2 Å². The number of ether oxygens (including phenoxy) is 1. The van der Waals surface area contributed by atoms with Gasteiger partial charge in [0.15, 0.2) is 0 Å². The second-order valence-electron chi connectivity index (χ2n) is 8.74. The van der Waals surface area contributed by atoms with E-state index in [2.05, 4.69) is 21.2 Å². The Morgan fingerprint density at radius 3 is 2.28 bits per heavy atom. The third-order valence-corrected chi connectivity index (χ3v) is 7.46. The van der Waals surface area contributed by atoms with Gasteiger partial charge >= 0.3 is 0 Å². The first-order valence-electron chi connectivity index (χ1n) is 11.5. The van der Waals surface area contributed by atoms with E-state index < -0.39 is 16.1 Å². The molecule has 0 unspecified atom stereocenters. The number of hydrogen-bond acceptors (Lipinski definition) is 5. The molecule has 0 aliphatic rings. The molecule has 0 aliphatic heterocycles. The Labute approximate surface area is 227 Å². The summed E-state index contributed by atoms with van der Waals surface area (Å²) in [7, 11) is -2.15. The first kappa shape index (κ1) is 29.9. The van der Waals surface area contributed by atoms with Crippen molar-refractivity contribution < 1.29 is 22.7 Å². The summed E-state index contributed by atoms with van der Waals surface area (Å²) in [5.41, 5.74) is 1.26. The van der Waals surface area contributed by atoms with E-state index in [0.29, 0.717) is 11.4 Å². The predicted molar refractivity (Wildman–Crippen MR) is 147 cm³/mol. The Kier molecular flexibility index (Phi) is 11.1. The van der Waals surface area contributed by atoms with Crippen LogP contribution in [0, 0.1) is 0 Å².